The second-order valence-corrected chi connectivity index (χ2v) is 9.17. The summed E-state index contributed by atoms with van der Waals surface area (Å²) in [4.78, 5) is 13.5. The molecule has 144 valence electrons. The first-order chi connectivity index (χ1) is 12.7. The van der Waals surface area contributed by atoms with Crippen molar-refractivity contribution in [1.82, 2.24) is 13.8 Å². The van der Waals surface area contributed by atoms with Gasteiger partial charge in [0, 0.05) is 49.7 Å². The van der Waals surface area contributed by atoms with Crippen LogP contribution in [0.25, 0.3) is 10.9 Å². The third-order valence-electron chi connectivity index (χ3n) is 5.31. The van der Waals surface area contributed by atoms with Gasteiger partial charge in [0.1, 0.15) is 18.0 Å². The maximum Gasteiger partial charge on any atom is 0.211 e. The van der Waals surface area contributed by atoms with Gasteiger partial charge in [-0.25, -0.2) is 8.42 Å². The van der Waals surface area contributed by atoms with Crippen molar-refractivity contribution >= 4 is 27.2 Å². The molecule has 0 bridgehead atoms. The van der Waals surface area contributed by atoms with Crippen molar-refractivity contribution in [3.8, 4) is 6.07 Å². The molecule has 1 fully saturated rings. The molecule has 0 N–H and O–H groups in total. The fourth-order valence-electron chi connectivity index (χ4n) is 3.78. The molecular formula is C19H24N4O3S. The van der Waals surface area contributed by atoms with Crippen molar-refractivity contribution < 1.29 is 13.2 Å². The summed E-state index contributed by atoms with van der Waals surface area (Å²) >= 11 is 0. The van der Waals surface area contributed by atoms with E-state index < -0.39 is 10.0 Å². The monoisotopic (exact) mass is 388 g/mol. The van der Waals surface area contributed by atoms with Crippen LogP contribution >= 0.6 is 0 Å². The van der Waals surface area contributed by atoms with Crippen LogP contribution in [-0.2, 0) is 16.6 Å². The maximum absolute atomic E-state index is 11.7. The molecule has 1 atom stereocenters. The van der Waals surface area contributed by atoms with E-state index in [0.29, 0.717) is 44.0 Å². The van der Waals surface area contributed by atoms with Crippen LogP contribution in [0, 0.1) is 18.3 Å². The minimum Gasteiger partial charge on any atom is -0.331 e. The molecule has 3 rings (SSSR count). The first-order valence-electron chi connectivity index (χ1n) is 8.93. The van der Waals surface area contributed by atoms with Crippen LogP contribution in [0.4, 0.5) is 0 Å². The van der Waals surface area contributed by atoms with Crippen molar-refractivity contribution in [1.29, 1.82) is 5.26 Å². The van der Waals surface area contributed by atoms with Crippen LogP contribution in [0.2, 0.25) is 0 Å². The molecule has 1 unspecified atom stereocenters. The molecule has 1 aromatic heterocycles. The Hall–Kier alpha value is -2.21. The van der Waals surface area contributed by atoms with Crippen LogP contribution in [0.1, 0.15) is 28.5 Å². The number of piperazine rings is 1. The summed E-state index contributed by atoms with van der Waals surface area (Å²) in [5.74, 6) is 0. The van der Waals surface area contributed by atoms with Crippen LogP contribution in [0.15, 0.2) is 18.2 Å². The van der Waals surface area contributed by atoms with E-state index in [0.717, 1.165) is 22.8 Å². The molecule has 7 nitrogen and oxygen atoms in total. The first kappa shape index (κ1) is 19.5. The highest BCUT2D eigenvalue weighted by Crippen LogP contribution is 2.25. The van der Waals surface area contributed by atoms with Gasteiger partial charge in [-0.2, -0.15) is 9.57 Å². The zero-order chi connectivity index (χ0) is 19.8. The molecule has 1 saturated heterocycles. The van der Waals surface area contributed by atoms with E-state index in [2.05, 4.69) is 17.9 Å². The van der Waals surface area contributed by atoms with E-state index in [4.69, 9.17) is 0 Å². The average molecular weight is 388 g/mol. The van der Waals surface area contributed by atoms with Gasteiger partial charge in [0.15, 0.2) is 0 Å². The van der Waals surface area contributed by atoms with Gasteiger partial charge in [-0.3, -0.25) is 9.69 Å². The molecule has 2 heterocycles. The van der Waals surface area contributed by atoms with Crippen molar-refractivity contribution in [2.24, 2.45) is 0 Å². The number of aldehydes is 1. The van der Waals surface area contributed by atoms with Gasteiger partial charge in [-0.15, -0.1) is 0 Å². The van der Waals surface area contributed by atoms with Crippen LogP contribution in [-0.4, -0.2) is 67.0 Å². The summed E-state index contributed by atoms with van der Waals surface area (Å²) in [5.41, 5.74) is 3.02. The van der Waals surface area contributed by atoms with Gasteiger partial charge in [0.05, 0.1) is 11.8 Å². The topological polar surface area (TPSA) is 86.4 Å². The van der Waals surface area contributed by atoms with Gasteiger partial charge in [0.25, 0.3) is 0 Å². The molecule has 0 radical (unpaired) electrons. The Morgan fingerprint density at radius 2 is 1.89 bits per heavy atom. The van der Waals surface area contributed by atoms with Gasteiger partial charge in [0.2, 0.25) is 10.0 Å². The van der Waals surface area contributed by atoms with Crippen molar-refractivity contribution in [3.05, 3.63) is 35.0 Å². The van der Waals surface area contributed by atoms with Gasteiger partial charge < -0.3 is 4.57 Å². The number of benzene rings is 1. The summed E-state index contributed by atoms with van der Waals surface area (Å²) in [6.45, 7) is 6.91. The molecule has 27 heavy (non-hydrogen) atoms. The Kier molecular flexibility index (Phi) is 5.38. The predicted octanol–water partition coefficient (Wildman–Crippen LogP) is 1.60. The zero-order valence-electron chi connectivity index (χ0n) is 15.8. The van der Waals surface area contributed by atoms with Gasteiger partial charge in [-0.1, -0.05) is 0 Å². The molecule has 0 spiro atoms. The Labute approximate surface area is 159 Å². The number of sulfonamides is 1. The highest BCUT2D eigenvalue weighted by molar-refractivity contribution is 7.88. The van der Waals surface area contributed by atoms with E-state index in [-0.39, 0.29) is 6.04 Å². The highest BCUT2D eigenvalue weighted by Gasteiger charge is 2.26. The van der Waals surface area contributed by atoms with Gasteiger partial charge in [-0.05, 0) is 37.6 Å². The van der Waals surface area contributed by atoms with Crippen molar-refractivity contribution in [2.45, 2.75) is 26.4 Å². The number of carbonyl (C=O) groups is 1. The molecule has 0 saturated carbocycles. The summed E-state index contributed by atoms with van der Waals surface area (Å²) in [5, 5.41) is 10.5. The summed E-state index contributed by atoms with van der Waals surface area (Å²) < 4.78 is 26.8. The quantitative estimate of drug-likeness (QED) is 0.726. The number of fused-ring (bicyclic) bond motifs is 1. The van der Waals surface area contributed by atoms with E-state index in [1.807, 2.05) is 29.7 Å². The fraction of sp³-hybridized carbons (Fsp3) is 0.474. The average Bonchev–Trinajstić information content (AvgIpc) is 2.99. The Morgan fingerprint density at radius 1 is 1.22 bits per heavy atom. The maximum atomic E-state index is 11.7. The number of nitriles is 1. The number of rotatable bonds is 5. The number of hydrogen-bond acceptors (Lipinski definition) is 5. The fourth-order valence-corrected chi connectivity index (χ4v) is 4.60. The van der Waals surface area contributed by atoms with Crippen molar-refractivity contribution in [3.63, 3.8) is 0 Å². The smallest absolute Gasteiger partial charge is 0.211 e. The third-order valence-corrected chi connectivity index (χ3v) is 6.62. The largest absolute Gasteiger partial charge is 0.331 e. The lowest BCUT2D eigenvalue weighted by Gasteiger charge is -2.37. The van der Waals surface area contributed by atoms with E-state index >= 15 is 0 Å². The normalized spacial score (nSPS) is 17.7. The number of aromatic nitrogens is 1. The molecule has 1 aromatic carbocycles. The van der Waals surface area contributed by atoms with Crippen LogP contribution in [0.5, 0.6) is 0 Å². The molecule has 1 aliphatic heterocycles. The van der Waals surface area contributed by atoms with Gasteiger partial charge >= 0.3 is 0 Å². The Balaban J connectivity index is 1.85. The second-order valence-electron chi connectivity index (χ2n) is 7.19. The number of nitrogens with zero attached hydrogens (tertiary/aromatic N) is 4. The lowest BCUT2D eigenvalue weighted by molar-refractivity contribution is 0.112. The standard InChI is InChI=1S/C19H24N4O3S/c1-14-8-16(13-24)9-19-18(14)10-17(11-20)23(19)12-15(2)21-4-6-22(7-5-21)27(3,25)26/h8-10,13,15H,4-7,12H2,1-3H3. The predicted molar refractivity (Wildman–Crippen MR) is 104 cm³/mol. The molecular weight excluding hydrogens is 364 g/mol. The zero-order valence-corrected chi connectivity index (χ0v) is 16.7. The Morgan fingerprint density at radius 3 is 2.44 bits per heavy atom. The van der Waals surface area contributed by atoms with Crippen LogP contribution in [0.3, 0.4) is 0 Å². The van der Waals surface area contributed by atoms with Crippen molar-refractivity contribution in [2.75, 3.05) is 32.4 Å². The minimum atomic E-state index is -3.15. The second kappa shape index (κ2) is 7.43. The lowest BCUT2D eigenvalue weighted by Crippen LogP contribution is -2.51. The third kappa shape index (κ3) is 3.90. The number of hydrogen-bond donors (Lipinski definition) is 0. The molecule has 0 amide bonds. The summed E-state index contributed by atoms with van der Waals surface area (Å²) in [7, 11) is -3.15. The summed E-state index contributed by atoms with van der Waals surface area (Å²) in [6.07, 6.45) is 2.06. The Bertz CT molecular complexity index is 1010. The molecule has 0 aliphatic carbocycles. The van der Waals surface area contributed by atoms with Crippen LogP contribution < -0.4 is 0 Å². The minimum absolute atomic E-state index is 0.134. The molecule has 8 heteroatoms. The number of aryl methyl sites for hydroxylation is 1. The highest BCUT2D eigenvalue weighted by atomic mass is 32.2. The molecule has 1 aliphatic rings. The lowest BCUT2D eigenvalue weighted by atomic mass is 10.1. The van der Waals surface area contributed by atoms with E-state index in [9.17, 15) is 18.5 Å². The first-order valence-corrected chi connectivity index (χ1v) is 10.8. The SMILES string of the molecule is Cc1cc(C=O)cc2c1cc(C#N)n2CC(C)N1CCN(S(C)(=O)=O)CC1. The van der Waals surface area contributed by atoms with E-state index in [1.54, 1.807) is 0 Å². The summed E-state index contributed by atoms with van der Waals surface area (Å²) in [6, 6.07) is 7.91. The van der Waals surface area contributed by atoms with E-state index in [1.165, 1.54) is 10.6 Å². The molecule has 2 aromatic rings. The number of carbonyl (C=O) groups excluding carboxylic acids is 1.